The van der Waals surface area contributed by atoms with E-state index in [2.05, 4.69) is 212 Å². The van der Waals surface area contributed by atoms with Crippen LogP contribution in [0.25, 0.3) is 65.4 Å². The lowest BCUT2D eigenvalue weighted by Gasteiger charge is -2.28. The van der Waals surface area contributed by atoms with Crippen molar-refractivity contribution in [3.63, 3.8) is 0 Å². The van der Waals surface area contributed by atoms with Crippen LogP contribution in [0, 0.1) is 62.3 Å². The summed E-state index contributed by atoms with van der Waals surface area (Å²) in [5.41, 5.74) is 21.7. The molecular formula is C59H50N2O2. The summed E-state index contributed by atoms with van der Waals surface area (Å²) in [7, 11) is 0. The Morgan fingerprint density at radius 2 is 0.698 bits per heavy atom. The van der Waals surface area contributed by atoms with E-state index in [1.54, 1.807) is 0 Å². The number of benzene rings is 9. The van der Waals surface area contributed by atoms with Crippen molar-refractivity contribution in [3.8, 4) is 0 Å². The summed E-state index contributed by atoms with van der Waals surface area (Å²) in [6.45, 7) is 19.8. The van der Waals surface area contributed by atoms with Crippen LogP contribution in [0.2, 0.25) is 0 Å². The van der Waals surface area contributed by atoms with Crippen molar-refractivity contribution in [2.75, 3.05) is 9.80 Å². The standard InChI is InChI=1S/C59H50N2O2/c1-33-14-10-12-16-52(33)60(48-22-35(3)39(7)36(4)23-48)46-20-18-42-28-50-54(30-44(42)26-46)62-56-32-57-59(41(9)58(50)56)51-29-43-19-21-47(27-45(43)31-55(51)63-57)61(53-17-13-11-15-34(53)2)49-24-37(5)40(8)38(6)25-49/h10-32H,1-9H3. The second kappa shape index (κ2) is 14.4. The number of aryl methyl sites for hydroxylation is 7. The molecule has 0 radical (unpaired) electrons. The molecule has 2 aromatic heterocycles. The van der Waals surface area contributed by atoms with Gasteiger partial charge in [0.05, 0.1) is 0 Å². The SMILES string of the molecule is Cc1ccccc1N(c1cc(C)c(C)c(C)c1)c1ccc2cc3c(cc2c1)oc1cc2oc4cc5cc(N(c6cc(C)c(C)c(C)c6)c6ccccc6C)ccc5cc4c2c(C)c13. The fraction of sp³-hybridized carbons (Fsp3) is 0.153. The number of anilines is 6. The van der Waals surface area contributed by atoms with Gasteiger partial charge in [0.1, 0.15) is 22.3 Å². The van der Waals surface area contributed by atoms with E-state index >= 15 is 0 Å². The fourth-order valence-corrected chi connectivity index (χ4v) is 9.96. The molecule has 11 rings (SSSR count). The van der Waals surface area contributed by atoms with Crippen LogP contribution < -0.4 is 9.80 Å². The molecule has 0 amide bonds. The molecule has 0 aliphatic rings. The van der Waals surface area contributed by atoms with Crippen molar-refractivity contribution in [3.05, 3.63) is 190 Å². The van der Waals surface area contributed by atoms with E-state index in [0.717, 1.165) is 77.4 Å². The largest absolute Gasteiger partial charge is 0.456 e. The summed E-state index contributed by atoms with van der Waals surface area (Å²) in [5, 5.41) is 9.09. The second-order valence-electron chi connectivity index (χ2n) is 17.9. The number of furan rings is 2. The smallest absolute Gasteiger partial charge is 0.139 e. The molecule has 4 heteroatoms. The average molecular weight is 819 g/mol. The summed E-state index contributed by atoms with van der Waals surface area (Å²) < 4.78 is 13.5. The van der Waals surface area contributed by atoms with Crippen LogP contribution in [-0.2, 0) is 0 Å². The molecule has 308 valence electrons. The van der Waals surface area contributed by atoms with Gasteiger partial charge in [0.25, 0.3) is 0 Å². The van der Waals surface area contributed by atoms with Crippen LogP contribution in [0.3, 0.4) is 0 Å². The number of hydrogen-bond acceptors (Lipinski definition) is 4. The van der Waals surface area contributed by atoms with E-state index in [-0.39, 0.29) is 0 Å². The Labute approximate surface area is 368 Å². The van der Waals surface area contributed by atoms with Crippen molar-refractivity contribution in [2.45, 2.75) is 62.3 Å². The minimum absolute atomic E-state index is 0.834. The van der Waals surface area contributed by atoms with E-state index in [1.165, 1.54) is 72.2 Å². The Balaban J connectivity index is 1.03. The second-order valence-corrected chi connectivity index (χ2v) is 17.9. The lowest BCUT2D eigenvalue weighted by atomic mass is 9.98. The molecule has 0 saturated carbocycles. The van der Waals surface area contributed by atoms with Crippen LogP contribution in [-0.4, -0.2) is 0 Å². The van der Waals surface area contributed by atoms with Crippen molar-refractivity contribution < 1.29 is 8.83 Å². The molecule has 0 N–H and O–H groups in total. The molecule has 9 aromatic carbocycles. The molecule has 0 bridgehead atoms. The van der Waals surface area contributed by atoms with Gasteiger partial charge in [0.2, 0.25) is 0 Å². The van der Waals surface area contributed by atoms with Gasteiger partial charge in [0.15, 0.2) is 0 Å². The zero-order valence-electron chi connectivity index (χ0n) is 37.5. The maximum Gasteiger partial charge on any atom is 0.139 e. The topological polar surface area (TPSA) is 32.8 Å². The monoisotopic (exact) mass is 818 g/mol. The first-order valence-corrected chi connectivity index (χ1v) is 22.0. The van der Waals surface area contributed by atoms with Crippen LogP contribution in [0.5, 0.6) is 0 Å². The Kier molecular flexibility index (Phi) is 8.82. The lowest BCUT2D eigenvalue weighted by Crippen LogP contribution is -2.12. The van der Waals surface area contributed by atoms with Gasteiger partial charge in [-0.1, -0.05) is 48.5 Å². The molecule has 0 aliphatic carbocycles. The molecule has 0 spiro atoms. The molecule has 4 nitrogen and oxygen atoms in total. The van der Waals surface area contributed by atoms with Gasteiger partial charge in [-0.05, 0) is 219 Å². The molecular weight excluding hydrogens is 769 g/mol. The van der Waals surface area contributed by atoms with E-state index < -0.39 is 0 Å². The molecule has 0 fully saturated rings. The van der Waals surface area contributed by atoms with Gasteiger partial charge in [0, 0.05) is 61.7 Å². The highest BCUT2D eigenvalue weighted by Crippen LogP contribution is 2.45. The van der Waals surface area contributed by atoms with Gasteiger partial charge in [-0.2, -0.15) is 0 Å². The van der Waals surface area contributed by atoms with Gasteiger partial charge in [-0.25, -0.2) is 0 Å². The van der Waals surface area contributed by atoms with Crippen molar-refractivity contribution in [1.29, 1.82) is 0 Å². The maximum atomic E-state index is 6.74. The number of fused-ring (bicyclic) bond motifs is 8. The Morgan fingerprint density at radius 3 is 1.10 bits per heavy atom. The van der Waals surface area contributed by atoms with Gasteiger partial charge < -0.3 is 18.6 Å². The molecule has 0 atom stereocenters. The van der Waals surface area contributed by atoms with E-state index in [9.17, 15) is 0 Å². The third-order valence-corrected chi connectivity index (χ3v) is 13.9. The first kappa shape index (κ1) is 38.6. The average Bonchev–Trinajstić information content (AvgIpc) is 3.81. The Hall–Kier alpha value is -7.30. The quantitative estimate of drug-likeness (QED) is 0.167. The van der Waals surface area contributed by atoms with Crippen molar-refractivity contribution in [1.82, 2.24) is 0 Å². The normalized spacial score (nSPS) is 11.9. The summed E-state index contributed by atoms with van der Waals surface area (Å²) in [6.07, 6.45) is 0. The summed E-state index contributed by atoms with van der Waals surface area (Å²) in [4.78, 5) is 4.77. The summed E-state index contributed by atoms with van der Waals surface area (Å²) in [5.74, 6) is 0. The predicted octanol–water partition coefficient (Wildman–Crippen LogP) is 17.5. The van der Waals surface area contributed by atoms with Crippen LogP contribution in [0.4, 0.5) is 34.1 Å². The highest BCUT2D eigenvalue weighted by atomic mass is 16.3. The molecule has 63 heavy (non-hydrogen) atoms. The van der Waals surface area contributed by atoms with Crippen LogP contribution >= 0.6 is 0 Å². The van der Waals surface area contributed by atoms with E-state index in [1.807, 2.05) is 0 Å². The van der Waals surface area contributed by atoms with Crippen molar-refractivity contribution >= 4 is 99.5 Å². The first-order valence-electron chi connectivity index (χ1n) is 22.0. The number of hydrogen-bond donors (Lipinski definition) is 0. The Morgan fingerprint density at radius 1 is 0.302 bits per heavy atom. The predicted molar refractivity (Wildman–Crippen MR) is 268 cm³/mol. The highest BCUT2D eigenvalue weighted by Gasteiger charge is 2.22. The minimum atomic E-state index is 0.834. The first-order chi connectivity index (χ1) is 30.4. The van der Waals surface area contributed by atoms with Crippen LogP contribution in [0.1, 0.15) is 50.1 Å². The number of rotatable bonds is 6. The van der Waals surface area contributed by atoms with Crippen LogP contribution in [0.15, 0.2) is 148 Å². The lowest BCUT2D eigenvalue weighted by molar-refractivity contribution is 0.656. The molecule has 11 aromatic rings. The zero-order chi connectivity index (χ0) is 43.4. The summed E-state index contributed by atoms with van der Waals surface area (Å²) >= 11 is 0. The molecule has 0 saturated heterocycles. The number of para-hydroxylation sites is 2. The van der Waals surface area contributed by atoms with Gasteiger partial charge in [-0.3, -0.25) is 0 Å². The third-order valence-electron chi connectivity index (χ3n) is 13.9. The summed E-state index contributed by atoms with van der Waals surface area (Å²) in [6, 6.07) is 51.2. The Bertz CT molecular complexity index is 3410. The number of nitrogens with zero attached hydrogens (tertiary/aromatic N) is 2. The molecule has 0 aliphatic heterocycles. The maximum absolute atomic E-state index is 6.74. The van der Waals surface area contributed by atoms with Gasteiger partial charge >= 0.3 is 0 Å². The van der Waals surface area contributed by atoms with E-state index in [0.29, 0.717) is 0 Å². The fourth-order valence-electron chi connectivity index (χ4n) is 9.96. The van der Waals surface area contributed by atoms with E-state index in [4.69, 9.17) is 8.83 Å². The van der Waals surface area contributed by atoms with Crippen molar-refractivity contribution in [2.24, 2.45) is 0 Å². The third kappa shape index (κ3) is 6.19. The highest BCUT2D eigenvalue weighted by molar-refractivity contribution is 6.21. The molecule has 0 unspecified atom stereocenters. The van der Waals surface area contributed by atoms with Gasteiger partial charge in [-0.15, -0.1) is 0 Å². The minimum Gasteiger partial charge on any atom is -0.456 e. The molecule has 2 heterocycles. The zero-order valence-corrected chi connectivity index (χ0v) is 37.5.